The molecule has 0 aliphatic rings. The lowest BCUT2D eigenvalue weighted by Gasteiger charge is -2.14. The summed E-state index contributed by atoms with van der Waals surface area (Å²) in [6, 6.07) is 0.450. The average Bonchev–Trinajstić information content (AvgIpc) is 2.32. The topological polar surface area (TPSA) is 41.1 Å². The summed E-state index contributed by atoms with van der Waals surface area (Å²) >= 11 is 0. The van der Waals surface area contributed by atoms with Gasteiger partial charge in [-0.1, -0.05) is 13.8 Å². The third kappa shape index (κ3) is 3.88. The van der Waals surface area contributed by atoms with Crippen LogP contribution in [-0.4, -0.2) is 18.5 Å². The van der Waals surface area contributed by atoms with Crippen LogP contribution in [0.4, 0.5) is 18.9 Å². The number of amides is 1. The fraction of sp³-hybridized carbons (Fsp3) is 0.500. The van der Waals surface area contributed by atoms with Crippen LogP contribution in [0.25, 0.3) is 0 Å². The van der Waals surface area contributed by atoms with Crippen LogP contribution in [0.15, 0.2) is 6.07 Å². The Kier molecular flexibility index (Phi) is 5.42. The number of nitrogens with one attached hydrogen (secondary N) is 2. The van der Waals surface area contributed by atoms with Gasteiger partial charge in [0.05, 0.1) is 5.56 Å². The van der Waals surface area contributed by atoms with Crippen molar-refractivity contribution in [3.8, 4) is 0 Å². The van der Waals surface area contributed by atoms with E-state index in [-0.39, 0.29) is 12.0 Å². The van der Waals surface area contributed by atoms with E-state index in [4.69, 9.17) is 0 Å². The molecule has 0 saturated carbocycles. The van der Waals surface area contributed by atoms with E-state index in [1.807, 2.05) is 13.8 Å². The standard InChI is InChI=1S/C14H19F3N2O/c1-7(2)6-18-13-10(15)5-9(11(16)12(13)17)14(20)19-8(3)4/h5,7-8,18H,6H2,1-4H3,(H,19,20). The molecular weight excluding hydrogens is 269 g/mol. The van der Waals surface area contributed by atoms with Gasteiger partial charge in [-0.2, -0.15) is 0 Å². The van der Waals surface area contributed by atoms with Gasteiger partial charge in [0.2, 0.25) is 0 Å². The molecule has 20 heavy (non-hydrogen) atoms. The van der Waals surface area contributed by atoms with Crippen LogP contribution in [0.1, 0.15) is 38.1 Å². The van der Waals surface area contributed by atoms with E-state index in [2.05, 4.69) is 10.6 Å². The number of hydrogen-bond donors (Lipinski definition) is 2. The molecule has 0 heterocycles. The van der Waals surface area contributed by atoms with Crippen LogP contribution in [0.5, 0.6) is 0 Å². The third-order valence-corrected chi connectivity index (χ3v) is 2.51. The van der Waals surface area contributed by atoms with Gasteiger partial charge in [0.1, 0.15) is 11.5 Å². The van der Waals surface area contributed by atoms with Crippen molar-refractivity contribution in [2.24, 2.45) is 5.92 Å². The predicted octanol–water partition coefficient (Wildman–Crippen LogP) is 3.31. The lowest BCUT2D eigenvalue weighted by molar-refractivity contribution is 0.0937. The van der Waals surface area contributed by atoms with Crippen LogP contribution < -0.4 is 10.6 Å². The summed E-state index contributed by atoms with van der Waals surface area (Å²) < 4.78 is 41.4. The van der Waals surface area contributed by atoms with E-state index in [0.29, 0.717) is 12.6 Å². The maximum atomic E-state index is 13.8. The Bertz CT molecular complexity index is 502. The molecule has 1 aromatic carbocycles. The Labute approximate surface area is 116 Å². The summed E-state index contributed by atoms with van der Waals surface area (Å²) in [5, 5.41) is 4.90. The van der Waals surface area contributed by atoms with Crippen LogP contribution >= 0.6 is 0 Å². The molecule has 0 spiro atoms. The SMILES string of the molecule is CC(C)CNc1c(F)cc(C(=O)NC(C)C)c(F)c1F. The molecule has 0 unspecified atom stereocenters. The zero-order chi connectivity index (χ0) is 15.4. The Morgan fingerprint density at radius 3 is 2.25 bits per heavy atom. The Balaban J connectivity index is 3.11. The smallest absolute Gasteiger partial charge is 0.254 e. The van der Waals surface area contributed by atoms with Gasteiger partial charge < -0.3 is 10.6 Å². The molecule has 0 saturated heterocycles. The second-order valence-corrected chi connectivity index (χ2v) is 5.31. The molecule has 1 rings (SSSR count). The lowest BCUT2D eigenvalue weighted by atomic mass is 10.1. The highest BCUT2D eigenvalue weighted by Gasteiger charge is 2.23. The Morgan fingerprint density at radius 1 is 1.15 bits per heavy atom. The molecule has 0 radical (unpaired) electrons. The first kappa shape index (κ1) is 16.3. The van der Waals surface area contributed by atoms with E-state index >= 15 is 0 Å². The van der Waals surface area contributed by atoms with Gasteiger partial charge >= 0.3 is 0 Å². The van der Waals surface area contributed by atoms with Crippen LogP contribution in [-0.2, 0) is 0 Å². The zero-order valence-electron chi connectivity index (χ0n) is 12.0. The first-order chi connectivity index (χ1) is 9.23. The van der Waals surface area contributed by atoms with Gasteiger partial charge in [-0.05, 0) is 25.8 Å². The normalized spacial score (nSPS) is 11.1. The zero-order valence-corrected chi connectivity index (χ0v) is 12.0. The van der Waals surface area contributed by atoms with Crippen LogP contribution in [0, 0.1) is 23.4 Å². The average molecular weight is 288 g/mol. The van der Waals surface area contributed by atoms with Gasteiger partial charge in [0.15, 0.2) is 11.6 Å². The Hall–Kier alpha value is -1.72. The highest BCUT2D eigenvalue weighted by Crippen LogP contribution is 2.25. The molecule has 0 atom stereocenters. The number of benzene rings is 1. The third-order valence-electron chi connectivity index (χ3n) is 2.51. The molecule has 6 heteroatoms. The summed E-state index contributed by atoms with van der Waals surface area (Å²) in [7, 11) is 0. The van der Waals surface area contributed by atoms with Crippen LogP contribution in [0.3, 0.4) is 0 Å². The van der Waals surface area contributed by atoms with E-state index in [0.717, 1.165) is 0 Å². The van der Waals surface area contributed by atoms with Crippen molar-refractivity contribution in [1.82, 2.24) is 5.32 Å². The second-order valence-electron chi connectivity index (χ2n) is 5.31. The maximum absolute atomic E-state index is 13.8. The number of rotatable bonds is 5. The highest BCUT2D eigenvalue weighted by molar-refractivity contribution is 5.95. The molecular formula is C14H19F3N2O. The second kappa shape index (κ2) is 6.63. The molecule has 0 aliphatic carbocycles. The van der Waals surface area contributed by atoms with E-state index in [9.17, 15) is 18.0 Å². The van der Waals surface area contributed by atoms with Gasteiger partial charge in [0.25, 0.3) is 5.91 Å². The van der Waals surface area contributed by atoms with Gasteiger partial charge in [-0.3, -0.25) is 4.79 Å². The predicted molar refractivity (Wildman–Crippen MR) is 72.2 cm³/mol. The first-order valence-electron chi connectivity index (χ1n) is 6.46. The molecule has 112 valence electrons. The molecule has 0 fully saturated rings. The minimum absolute atomic E-state index is 0.140. The summed E-state index contributed by atoms with van der Waals surface area (Å²) in [6.45, 7) is 7.33. The summed E-state index contributed by atoms with van der Waals surface area (Å²) in [5.41, 5.74) is -1.18. The van der Waals surface area contributed by atoms with Crippen molar-refractivity contribution in [2.45, 2.75) is 33.7 Å². The van der Waals surface area contributed by atoms with E-state index in [1.54, 1.807) is 13.8 Å². The quantitative estimate of drug-likeness (QED) is 0.816. The largest absolute Gasteiger partial charge is 0.380 e. The van der Waals surface area contributed by atoms with Gasteiger partial charge in [-0.15, -0.1) is 0 Å². The van der Waals surface area contributed by atoms with E-state index in [1.165, 1.54) is 0 Å². The molecule has 1 amide bonds. The van der Waals surface area contributed by atoms with Crippen molar-refractivity contribution in [3.63, 3.8) is 0 Å². The summed E-state index contributed by atoms with van der Waals surface area (Å²) in [5.74, 6) is -4.42. The molecule has 2 N–H and O–H groups in total. The minimum Gasteiger partial charge on any atom is -0.380 e. The fourth-order valence-corrected chi connectivity index (χ4v) is 1.57. The van der Waals surface area contributed by atoms with Crippen molar-refractivity contribution in [1.29, 1.82) is 0 Å². The fourth-order valence-electron chi connectivity index (χ4n) is 1.57. The number of carbonyl (C=O) groups excluding carboxylic acids is 1. The highest BCUT2D eigenvalue weighted by atomic mass is 19.2. The van der Waals surface area contributed by atoms with E-state index < -0.39 is 34.6 Å². The Morgan fingerprint density at radius 2 is 1.75 bits per heavy atom. The molecule has 3 nitrogen and oxygen atoms in total. The van der Waals surface area contributed by atoms with Crippen molar-refractivity contribution < 1.29 is 18.0 Å². The van der Waals surface area contributed by atoms with Crippen molar-refractivity contribution in [3.05, 3.63) is 29.1 Å². The number of carbonyl (C=O) groups is 1. The summed E-state index contributed by atoms with van der Waals surface area (Å²) in [4.78, 5) is 11.7. The molecule has 1 aromatic rings. The lowest BCUT2D eigenvalue weighted by Crippen LogP contribution is -2.31. The van der Waals surface area contributed by atoms with Crippen LogP contribution in [0.2, 0.25) is 0 Å². The molecule has 0 aromatic heterocycles. The number of anilines is 1. The van der Waals surface area contributed by atoms with Gasteiger partial charge in [0, 0.05) is 12.6 Å². The monoisotopic (exact) mass is 288 g/mol. The number of hydrogen-bond acceptors (Lipinski definition) is 2. The molecule has 0 aliphatic heterocycles. The summed E-state index contributed by atoms with van der Waals surface area (Å²) in [6.07, 6.45) is 0. The van der Waals surface area contributed by atoms with Gasteiger partial charge in [-0.25, -0.2) is 13.2 Å². The first-order valence-corrected chi connectivity index (χ1v) is 6.46. The maximum Gasteiger partial charge on any atom is 0.254 e. The number of halogens is 3. The van der Waals surface area contributed by atoms with Crippen molar-refractivity contribution >= 4 is 11.6 Å². The minimum atomic E-state index is -1.38. The van der Waals surface area contributed by atoms with Crippen molar-refractivity contribution in [2.75, 3.05) is 11.9 Å². The molecule has 0 bridgehead atoms.